The summed E-state index contributed by atoms with van der Waals surface area (Å²) in [5.74, 6) is 0.117. The van der Waals surface area contributed by atoms with Gasteiger partial charge in [0.05, 0.1) is 6.04 Å². The number of hydrogen-bond acceptors (Lipinski definition) is 2. The quantitative estimate of drug-likeness (QED) is 0.667. The average molecular weight is 193 g/mol. The van der Waals surface area contributed by atoms with Crippen LogP contribution in [-0.4, -0.2) is 29.4 Å². The summed E-state index contributed by atoms with van der Waals surface area (Å²) in [5, 5.41) is 0. The predicted octanol–water partition coefficient (Wildman–Crippen LogP) is 0.766. The van der Waals surface area contributed by atoms with Crippen molar-refractivity contribution in [1.29, 1.82) is 0 Å². The van der Waals surface area contributed by atoms with Crippen LogP contribution in [0.4, 0.5) is 0 Å². The highest BCUT2D eigenvalue weighted by atomic mass is 35.5. The molecule has 0 bridgehead atoms. The van der Waals surface area contributed by atoms with Crippen LogP contribution in [0, 0.1) is 0 Å². The predicted molar refractivity (Wildman–Crippen MR) is 51.3 cm³/mol. The second kappa shape index (κ2) is 4.67. The van der Waals surface area contributed by atoms with Gasteiger partial charge in [-0.25, -0.2) is 0 Å². The molecule has 2 N–H and O–H groups in total. The molecule has 1 aliphatic heterocycles. The molecule has 1 saturated heterocycles. The summed E-state index contributed by atoms with van der Waals surface area (Å²) >= 11 is 0. The summed E-state index contributed by atoms with van der Waals surface area (Å²) in [6, 6.07) is 0.0556. The molecule has 0 saturated carbocycles. The molecule has 1 fully saturated rings. The van der Waals surface area contributed by atoms with Crippen LogP contribution in [0.15, 0.2) is 0 Å². The monoisotopic (exact) mass is 192 g/mol. The van der Waals surface area contributed by atoms with Crippen LogP contribution < -0.4 is 5.73 Å². The van der Waals surface area contributed by atoms with E-state index in [1.807, 2.05) is 18.7 Å². The van der Waals surface area contributed by atoms with Crippen LogP contribution in [0.3, 0.4) is 0 Å². The first kappa shape index (κ1) is 11.7. The molecule has 1 amide bonds. The molecular weight excluding hydrogens is 176 g/mol. The maximum atomic E-state index is 11.4. The number of amides is 1. The van der Waals surface area contributed by atoms with E-state index in [-0.39, 0.29) is 24.4 Å². The van der Waals surface area contributed by atoms with Crippen LogP contribution in [0.1, 0.15) is 26.7 Å². The van der Waals surface area contributed by atoms with Gasteiger partial charge in [0, 0.05) is 12.6 Å². The summed E-state index contributed by atoms with van der Waals surface area (Å²) in [6.45, 7) is 4.93. The van der Waals surface area contributed by atoms with Crippen molar-refractivity contribution in [3.8, 4) is 0 Å². The number of nitrogens with zero attached hydrogens (tertiary/aromatic N) is 1. The molecule has 0 aromatic carbocycles. The van der Waals surface area contributed by atoms with E-state index in [1.54, 1.807) is 0 Å². The summed E-state index contributed by atoms with van der Waals surface area (Å²) < 4.78 is 0. The van der Waals surface area contributed by atoms with Gasteiger partial charge in [-0.2, -0.15) is 0 Å². The molecule has 1 aliphatic rings. The van der Waals surface area contributed by atoms with E-state index in [4.69, 9.17) is 5.73 Å². The van der Waals surface area contributed by atoms with Gasteiger partial charge in [0.25, 0.3) is 0 Å². The number of carbonyl (C=O) groups is 1. The number of likely N-dealkylation sites (tertiary alicyclic amines) is 1. The van der Waals surface area contributed by atoms with Crippen molar-refractivity contribution in [2.24, 2.45) is 5.73 Å². The Morgan fingerprint density at radius 1 is 1.58 bits per heavy atom. The van der Waals surface area contributed by atoms with Gasteiger partial charge in [-0.05, 0) is 26.7 Å². The molecule has 0 spiro atoms. The summed E-state index contributed by atoms with van der Waals surface area (Å²) in [5.41, 5.74) is 5.62. The van der Waals surface area contributed by atoms with Crippen LogP contribution in [0.5, 0.6) is 0 Å². The molecule has 1 heterocycles. The first-order chi connectivity index (χ1) is 5.13. The second-order valence-electron chi connectivity index (χ2n) is 3.37. The Balaban J connectivity index is 0.00000121. The van der Waals surface area contributed by atoms with E-state index < -0.39 is 0 Å². The largest absolute Gasteiger partial charge is 0.339 e. The third kappa shape index (κ3) is 2.35. The van der Waals surface area contributed by atoms with Crippen LogP contribution in [-0.2, 0) is 4.79 Å². The lowest BCUT2D eigenvalue weighted by Gasteiger charge is -2.33. The highest BCUT2D eigenvalue weighted by Crippen LogP contribution is 2.12. The number of nitrogens with two attached hydrogens (primary N) is 1. The molecule has 1 rings (SSSR count). The lowest BCUT2D eigenvalue weighted by atomic mass is 10.0. The minimum absolute atomic E-state index is 0. The van der Waals surface area contributed by atoms with Gasteiger partial charge in [0.1, 0.15) is 0 Å². The first-order valence-corrected chi connectivity index (χ1v) is 4.19. The maximum Gasteiger partial charge on any atom is 0.239 e. The maximum absolute atomic E-state index is 11.4. The van der Waals surface area contributed by atoms with Crippen molar-refractivity contribution in [3.05, 3.63) is 0 Å². The lowest BCUT2D eigenvalue weighted by Crippen LogP contribution is -2.50. The number of piperidine rings is 1. The van der Waals surface area contributed by atoms with E-state index in [0.717, 1.165) is 19.4 Å². The average Bonchev–Trinajstić information content (AvgIpc) is 1.94. The molecule has 72 valence electrons. The summed E-state index contributed by atoms with van der Waals surface area (Å²) in [6.07, 6.45) is 1.90. The highest BCUT2D eigenvalue weighted by molar-refractivity contribution is 5.85. The van der Waals surface area contributed by atoms with E-state index in [9.17, 15) is 4.79 Å². The normalized spacial score (nSPS) is 24.2. The lowest BCUT2D eigenvalue weighted by molar-refractivity contribution is -0.136. The molecule has 3 nitrogen and oxygen atoms in total. The summed E-state index contributed by atoms with van der Waals surface area (Å²) in [4.78, 5) is 13.2. The molecular formula is C8H17ClN2O. The zero-order valence-electron chi connectivity index (χ0n) is 7.62. The van der Waals surface area contributed by atoms with Gasteiger partial charge < -0.3 is 10.6 Å². The smallest absolute Gasteiger partial charge is 0.239 e. The second-order valence-corrected chi connectivity index (χ2v) is 3.37. The Hall–Kier alpha value is -0.280. The van der Waals surface area contributed by atoms with Gasteiger partial charge in [0.2, 0.25) is 5.91 Å². The van der Waals surface area contributed by atoms with Crippen molar-refractivity contribution < 1.29 is 4.79 Å². The molecule has 0 aliphatic carbocycles. The van der Waals surface area contributed by atoms with Crippen molar-refractivity contribution in [2.75, 3.05) is 6.54 Å². The third-order valence-electron chi connectivity index (χ3n) is 2.14. The molecule has 0 unspecified atom stereocenters. The SMILES string of the molecule is CC(C)N1CCC[C@@H](N)C1=O.Cl. The minimum atomic E-state index is -0.244. The van der Waals surface area contributed by atoms with Crippen molar-refractivity contribution >= 4 is 18.3 Å². The highest BCUT2D eigenvalue weighted by Gasteiger charge is 2.26. The fourth-order valence-corrected chi connectivity index (χ4v) is 1.44. The molecule has 0 aromatic heterocycles. The number of carbonyl (C=O) groups excluding carboxylic acids is 1. The molecule has 1 atom stereocenters. The first-order valence-electron chi connectivity index (χ1n) is 4.19. The van der Waals surface area contributed by atoms with Gasteiger partial charge in [-0.1, -0.05) is 0 Å². The topological polar surface area (TPSA) is 46.3 Å². The minimum Gasteiger partial charge on any atom is -0.339 e. The molecule has 12 heavy (non-hydrogen) atoms. The number of hydrogen-bond donors (Lipinski definition) is 1. The van der Waals surface area contributed by atoms with Crippen LogP contribution in [0.2, 0.25) is 0 Å². The van der Waals surface area contributed by atoms with Gasteiger partial charge >= 0.3 is 0 Å². The summed E-state index contributed by atoms with van der Waals surface area (Å²) in [7, 11) is 0. The fraction of sp³-hybridized carbons (Fsp3) is 0.875. The van der Waals surface area contributed by atoms with Crippen LogP contribution >= 0.6 is 12.4 Å². The van der Waals surface area contributed by atoms with Crippen LogP contribution in [0.25, 0.3) is 0 Å². The van der Waals surface area contributed by atoms with Crippen molar-refractivity contribution in [3.63, 3.8) is 0 Å². The molecule has 0 aromatic rings. The van der Waals surface area contributed by atoms with Gasteiger partial charge in [-0.15, -0.1) is 12.4 Å². The van der Waals surface area contributed by atoms with Crippen molar-refractivity contribution in [1.82, 2.24) is 4.90 Å². The fourth-order valence-electron chi connectivity index (χ4n) is 1.44. The van der Waals surface area contributed by atoms with E-state index in [1.165, 1.54) is 0 Å². The zero-order chi connectivity index (χ0) is 8.43. The van der Waals surface area contributed by atoms with E-state index in [2.05, 4.69) is 0 Å². The van der Waals surface area contributed by atoms with Crippen molar-refractivity contribution in [2.45, 2.75) is 38.8 Å². The number of halogens is 1. The third-order valence-corrected chi connectivity index (χ3v) is 2.14. The molecule has 0 radical (unpaired) electrons. The Bertz CT molecular complexity index is 161. The Morgan fingerprint density at radius 3 is 2.58 bits per heavy atom. The standard InChI is InChI=1S/C8H16N2O.ClH/c1-6(2)10-5-3-4-7(9)8(10)11;/h6-7H,3-5,9H2,1-2H3;1H/t7-;/m1./s1. The van der Waals surface area contributed by atoms with E-state index >= 15 is 0 Å². The molecule has 4 heteroatoms. The van der Waals surface area contributed by atoms with Gasteiger partial charge in [0.15, 0.2) is 0 Å². The number of rotatable bonds is 1. The van der Waals surface area contributed by atoms with E-state index in [0.29, 0.717) is 6.04 Å². The van der Waals surface area contributed by atoms with Gasteiger partial charge in [-0.3, -0.25) is 4.79 Å². The Morgan fingerprint density at radius 2 is 2.17 bits per heavy atom. The Labute approximate surface area is 79.7 Å². The zero-order valence-corrected chi connectivity index (χ0v) is 8.43. The Kier molecular flexibility index (Phi) is 4.57.